The molecule has 126 heavy (non-hydrogen) atoms. The monoisotopic (exact) mass is 1730 g/mol. The standard InChI is InChI=1S/C26H36FNO.2C23H30FNO.C21H32FNO.C18H26FNO/c1-25(2,3)21-8-10-22(11-9-21)26(29)15-14-20(17-23(26)18-28(4)5)16-19-6-12-24(27)13-7-19;1-17-5-4-6-20(13-17)23(26)12-11-19(15-21(23)16-25(2)3)14-18-7-9-22(24)10-8-18;1-17-6-4-5-7-22(17)23(26)13-12-19(15-20(23)16-25(2)3)14-18-8-10-21(24)11-9-18;1-23(2)15-19-14-17(13-16-7-9-20(22)10-8-16)11-12-21(19,24)18-5-3-4-6-18;1-4-18(21)10-9-15(12-16(18)13-20(2)3)11-14-5-7-17(19)8-6-14/h6-13,20,23,29H,14-18H2,1-5H3;4-10,13,19,21,26H,11-12,14-16H2,1-3H3;4-11,19-20,26H,12-16H2,1-3H3;7-10,17-19,24H,3-6,11-15H2,1-2H3;4-8,15-16,21H,1,9-13H2,2-3H3. The summed E-state index contributed by atoms with van der Waals surface area (Å²) >= 11 is 0. The van der Waals surface area contributed by atoms with Crippen LogP contribution in [0.15, 0.2) is 207 Å². The van der Waals surface area contributed by atoms with Crippen molar-refractivity contribution in [2.24, 2.45) is 65.1 Å². The lowest BCUT2D eigenvalue weighted by atomic mass is 9.64. The van der Waals surface area contributed by atoms with Crippen LogP contribution in [0.3, 0.4) is 0 Å². The van der Waals surface area contributed by atoms with Gasteiger partial charge >= 0.3 is 0 Å². The highest BCUT2D eigenvalue weighted by molar-refractivity contribution is 5.35. The fourth-order valence-corrected chi connectivity index (χ4v) is 22.4. The zero-order chi connectivity index (χ0) is 91.3. The van der Waals surface area contributed by atoms with Crippen LogP contribution in [0.25, 0.3) is 0 Å². The van der Waals surface area contributed by atoms with E-state index in [4.69, 9.17) is 0 Å². The van der Waals surface area contributed by atoms with Crippen molar-refractivity contribution < 1.29 is 47.5 Å². The van der Waals surface area contributed by atoms with Crippen LogP contribution in [0.4, 0.5) is 22.0 Å². The second-order valence-corrected chi connectivity index (χ2v) is 41.6. The molecule has 0 spiro atoms. The van der Waals surface area contributed by atoms with E-state index >= 15 is 0 Å². The molecule has 0 aliphatic heterocycles. The third-order valence-corrected chi connectivity index (χ3v) is 29.1. The highest BCUT2D eigenvalue weighted by atomic mass is 19.1. The number of halogens is 5. The van der Waals surface area contributed by atoms with Crippen molar-refractivity contribution in [1.82, 2.24) is 24.5 Å². The number of hydrogen-bond donors (Lipinski definition) is 5. The molecule has 14 rings (SSSR count). The van der Waals surface area contributed by atoms with Gasteiger partial charge in [-0.1, -0.05) is 179 Å². The molecule has 6 fully saturated rings. The summed E-state index contributed by atoms with van der Waals surface area (Å²) in [6.45, 7) is 19.0. The first kappa shape index (κ1) is 101. The third-order valence-electron chi connectivity index (χ3n) is 29.1. The van der Waals surface area contributed by atoms with Gasteiger partial charge in [-0.25, -0.2) is 22.0 Å². The molecule has 15 heteroatoms. The molecular formula is C111H154F5N5O5. The van der Waals surface area contributed by atoms with Crippen molar-refractivity contribution in [3.05, 3.63) is 297 Å². The Kier molecular flexibility index (Phi) is 36.8. The third kappa shape index (κ3) is 28.6. The number of nitrogens with zero attached hydrogens (tertiary/aromatic N) is 5. The summed E-state index contributed by atoms with van der Waals surface area (Å²) in [5, 5.41) is 57.3. The largest absolute Gasteiger partial charge is 0.389 e. The zero-order valence-corrected chi connectivity index (χ0v) is 79.0. The molecule has 688 valence electrons. The van der Waals surface area contributed by atoms with E-state index in [2.05, 4.69) is 177 Å². The lowest BCUT2D eigenvalue weighted by Crippen LogP contribution is -2.51. The first-order valence-corrected chi connectivity index (χ1v) is 47.2. The van der Waals surface area contributed by atoms with Gasteiger partial charge in [0.2, 0.25) is 0 Å². The summed E-state index contributed by atoms with van der Waals surface area (Å²) in [6, 6.07) is 59.4. The first-order valence-electron chi connectivity index (χ1n) is 47.2. The van der Waals surface area contributed by atoms with Crippen molar-refractivity contribution >= 4 is 0 Å². The van der Waals surface area contributed by atoms with Crippen molar-refractivity contribution in [1.29, 1.82) is 0 Å². The number of aliphatic hydroxyl groups is 5. The van der Waals surface area contributed by atoms with E-state index in [1.54, 1.807) is 54.6 Å². The van der Waals surface area contributed by atoms with Gasteiger partial charge in [0.25, 0.3) is 0 Å². The normalized spacial score (nSPS) is 27.6. The van der Waals surface area contributed by atoms with Gasteiger partial charge in [-0.05, 0) is 383 Å². The first-order chi connectivity index (χ1) is 59.7. The Morgan fingerprint density at radius 1 is 0.349 bits per heavy atom. The smallest absolute Gasteiger partial charge is 0.123 e. The molecule has 8 aromatic carbocycles. The van der Waals surface area contributed by atoms with Crippen molar-refractivity contribution in [2.45, 2.75) is 222 Å². The molecule has 0 radical (unpaired) electrons. The molecule has 0 heterocycles. The Labute approximate surface area is 755 Å². The molecular weight excluding hydrogens is 1580 g/mol. The van der Waals surface area contributed by atoms with E-state index < -0.39 is 28.0 Å². The molecule has 10 nitrogen and oxygen atoms in total. The molecule has 5 N–H and O–H groups in total. The summed E-state index contributed by atoms with van der Waals surface area (Å²) in [5.74, 6) is 3.43. The quantitative estimate of drug-likeness (QED) is 0.0280. The van der Waals surface area contributed by atoms with Crippen LogP contribution in [0.2, 0.25) is 0 Å². The van der Waals surface area contributed by atoms with E-state index in [0.29, 0.717) is 41.4 Å². The van der Waals surface area contributed by atoms with E-state index in [1.807, 2.05) is 93.0 Å². The number of hydrogen-bond acceptors (Lipinski definition) is 10. The fraction of sp³-hybridized carbons (Fsp3) is 0.550. The average Bonchev–Trinajstić information content (AvgIpc) is 0.817. The minimum atomic E-state index is -0.792. The number of benzene rings is 8. The SMILES string of the molecule is C=CC1(O)CCC(Cc2ccc(F)cc2)CC1CN(C)C.CN(C)CC1CC(Cc2ccc(F)cc2)CCC1(O)C1CCCC1.CN(C)CC1CC(Cc2ccc(F)cc2)CCC1(O)c1ccc(C(C)(C)C)cc1.Cc1cccc(C2(O)CCC(Cc3ccc(F)cc3)CC2CN(C)C)c1.Cc1ccccc1C1(O)CCC(Cc2ccc(F)cc2)CC1CN(C)C. The predicted octanol–water partition coefficient (Wildman–Crippen LogP) is 22.1. The maximum atomic E-state index is 13.2. The minimum absolute atomic E-state index is 0.108. The molecule has 8 aromatic rings. The van der Waals surface area contributed by atoms with Gasteiger partial charge in [0.15, 0.2) is 0 Å². The molecule has 15 atom stereocenters. The summed E-state index contributed by atoms with van der Waals surface area (Å²) in [5.41, 5.74) is 9.30. The Bertz CT molecular complexity index is 4570. The average molecular weight is 1730 g/mol. The Hall–Kier alpha value is -7.25. The van der Waals surface area contributed by atoms with Crippen LogP contribution in [0.1, 0.15) is 204 Å². The lowest BCUT2D eigenvalue weighted by molar-refractivity contribution is -0.109. The summed E-state index contributed by atoms with van der Waals surface area (Å²) in [6.07, 6.45) is 25.6. The van der Waals surface area contributed by atoms with Crippen LogP contribution < -0.4 is 0 Å². The number of rotatable bonds is 25. The maximum Gasteiger partial charge on any atom is 0.123 e. The topological polar surface area (TPSA) is 117 Å². The Balaban J connectivity index is 0.000000165. The van der Waals surface area contributed by atoms with Gasteiger partial charge in [0.1, 0.15) is 29.1 Å². The van der Waals surface area contributed by atoms with Crippen LogP contribution >= 0.6 is 0 Å². The van der Waals surface area contributed by atoms with Crippen molar-refractivity contribution in [3.8, 4) is 0 Å². The maximum absolute atomic E-state index is 13.2. The molecule has 6 aliphatic rings. The molecule has 0 saturated heterocycles. The van der Waals surface area contributed by atoms with Crippen LogP contribution in [0, 0.1) is 108 Å². The van der Waals surface area contributed by atoms with E-state index in [1.165, 1.54) is 76.8 Å². The van der Waals surface area contributed by atoms with Crippen molar-refractivity contribution in [2.75, 3.05) is 103 Å². The molecule has 6 saturated carbocycles. The molecule has 15 unspecified atom stereocenters. The molecule has 0 aromatic heterocycles. The second-order valence-electron chi connectivity index (χ2n) is 41.6. The van der Waals surface area contributed by atoms with Crippen LogP contribution in [-0.4, -0.2) is 164 Å². The Morgan fingerprint density at radius 2 is 0.667 bits per heavy atom. The number of aryl methyl sites for hydroxylation is 2. The van der Waals surface area contributed by atoms with E-state index in [0.717, 1.165) is 183 Å². The van der Waals surface area contributed by atoms with Gasteiger partial charge in [0.05, 0.1) is 28.0 Å². The molecule has 6 aliphatic carbocycles. The van der Waals surface area contributed by atoms with Gasteiger partial charge in [-0.3, -0.25) is 0 Å². The van der Waals surface area contributed by atoms with Crippen molar-refractivity contribution in [3.63, 3.8) is 0 Å². The van der Waals surface area contributed by atoms with Gasteiger partial charge in [-0.2, -0.15) is 0 Å². The molecule has 0 amide bonds. The predicted molar refractivity (Wildman–Crippen MR) is 509 cm³/mol. The van der Waals surface area contributed by atoms with Gasteiger partial charge in [0, 0.05) is 62.3 Å². The fourth-order valence-electron chi connectivity index (χ4n) is 22.4. The van der Waals surface area contributed by atoms with E-state index in [9.17, 15) is 47.5 Å². The van der Waals surface area contributed by atoms with Gasteiger partial charge < -0.3 is 50.0 Å². The van der Waals surface area contributed by atoms with E-state index in [-0.39, 0.29) is 58.2 Å². The Morgan fingerprint density at radius 3 is 1.02 bits per heavy atom. The highest BCUT2D eigenvalue weighted by Crippen LogP contribution is 2.52. The lowest BCUT2D eigenvalue weighted by Gasteiger charge is -2.48. The van der Waals surface area contributed by atoms with Gasteiger partial charge in [-0.15, -0.1) is 6.58 Å². The summed E-state index contributed by atoms with van der Waals surface area (Å²) in [4.78, 5) is 10.9. The molecule has 0 bridgehead atoms. The summed E-state index contributed by atoms with van der Waals surface area (Å²) < 4.78 is 65.6. The minimum Gasteiger partial charge on any atom is -0.389 e. The zero-order valence-electron chi connectivity index (χ0n) is 79.0. The second kappa shape index (κ2) is 46.0. The van der Waals surface area contributed by atoms with Crippen LogP contribution in [0.5, 0.6) is 0 Å². The van der Waals surface area contributed by atoms with Crippen LogP contribution in [-0.2, 0) is 54.3 Å². The summed E-state index contributed by atoms with van der Waals surface area (Å²) in [7, 11) is 20.7. The highest BCUT2D eigenvalue weighted by Gasteiger charge is 2.50.